The fraction of sp³-hybridized carbons (Fsp3) is 0.333. The molecule has 9 heavy (non-hydrogen) atoms. The average Bonchev–Trinajstić information content (AvgIpc) is 1.88. The van der Waals surface area contributed by atoms with Crippen molar-refractivity contribution in [3.05, 3.63) is 25.7 Å². The molecule has 0 bridgehead atoms. The van der Waals surface area contributed by atoms with Crippen LogP contribution in [-0.4, -0.2) is 12.2 Å². The van der Waals surface area contributed by atoms with Gasteiger partial charge in [0, 0.05) is 0 Å². The highest BCUT2D eigenvalue weighted by molar-refractivity contribution is 6.18. The van der Waals surface area contributed by atoms with Crippen molar-refractivity contribution >= 4 is 11.6 Å². The summed E-state index contributed by atoms with van der Waals surface area (Å²) in [5, 5.41) is 0. The van der Waals surface area contributed by atoms with Crippen molar-refractivity contribution in [3.8, 4) is 0 Å². The quantitative estimate of drug-likeness (QED) is 0.337. The fourth-order valence-electron chi connectivity index (χ4n) is 0.319. The topological polar surface area (TPSA) is 18.5 Å². The Morgan fingerprint density at radius 3 is 2.00 bits per heavy atom. The maximum absolute atomic E-state index is 5.38. The van der Waals surface area contributed by atoms with Crippen molar-refractivity contribution in [2.45, 2.75) is 6.29 Å². The highest BCUT2D eigenvalue weighted by Crippen LogP contribution is 1.97. The predicted molar refractivity (Wildman–Crippen MR) is 37.1 cm³/mol. The van der Waals surface area contributed by atoms with Gasteiger partial charge in [0.25, 0.3) is 6.29 Å². The van der Waals surface area contributed by atoms with E-state index in [2.05, 4.69) is 13.2 Å². The minimum atomic E-state index is -0.457. The average molecular weight is 149 g/mol. The van der Waals surface area contributed by atoms with Crippen LogP contribution >= 0.6 is 11.6 Å². The van der Waals surface area contributed by atoms with E-state index < -0.39 is 6.29 Å². The molecular formula is C6H9ClO2. The van der Waals surface area contributed by atoms with Crippen LogP contribution in [0.3, 0.4) is 0 Å². The van der Waals surface area contributed by atoms with Crippen LogP contribution < -0.4 is 0 Å². The van der Waals surface area contributed by atoms with Gasteiger partial charge in [0.2, 0.25) is 0 Å². The molecule has 0 fully saturated rings. The molecule has 0 rings (SSSR count). The molecule has 3 heteroatoms. The van der Waals surface area contributed by atoms with Gasteiger partial charge >= 0.3 is 0 Å². The second-order valence-electron chi connectivity index (χ2n) is 1.19. The predicted octanol–water partition coefficient (Wildman–Crippen LogP) is 1.87. The second-order valence-corrected chi connectivity index (χ2v) is 1.50. The van der Waals surface area contributed by atoms with Crippen LogP contribution in [0.1, 0.15) is 0 Å². The number of hydrogen-bond donors (Lipinski definition) is 0. The molecule has 0 aliphatic heterocycles. The number of rotatable bonds is 5. The summed E-state index contributed by atoms with van der Waals surface area (Å²) in [6, 6.07) is 0. The number of hydrogen-bond acceptors (Lipinski definition) is 2. The van der Waals surface area contributed by atoms with Gasteiger partial charge in [-0.25, -0.2) is 0 Å². The van der Waals surface area contributed by atoms with Crippen molar-refractivity contribution in [1.29, 1.82) is 0 Å². The van der Waals surface area contributed by atoms with Gasteiger partial charge in [0.15, 0.2) is 0 Å². The number of halogens is 1. The van der Waals surface area contributed by atoms with E-state index in [1.54, 1.807) is 0 Å². The Labute approximate surface area is 59.7 Å². The zero-order chi connectivity index (χ0) is 7.11. The molecule has 0 radical (unpaired) electrons. The second kappa shape index (κ2) is 5.51. The maximum Gasteiger partial charge on any atom is 0.252 e. The number of alkyl halides is 1. The van der Waals surface area contributed by atoms with Crippen molar-refractivity contribution in [1.82, 2.24) is 0 Å². The van der Waals surface area contributed by atoms with E-state index in [0.717, 1.165) is 0 Å². The Balaban J connectivity index is 3.39. The summed E-state index contributed by atoms with van der Waals surface area (Å²) in [6.45, 7) is 6.67. The number of ether oxygens (including phenoxy) is 2. The molecule has 0 atom stereocenters. The van der Waals surface area contributed by atoms with Crippen molar-refractivity contribution < 1.29 is 9.47 Å². The minimum Gasteiger partial charge on any atom is -0.462 e. The Hall–Kier alpha value is -0.630. The molecule has 0 saturated heterocycles. The molecule has 0 amide bonds. The molecule has 2 nitrogen and oxygen atoms in total. The summed E-state index contributed by atoms with van der Waals surface area (Å²) in [5.41, 5.74) is 0. The van der Waals surface area contributed by atoms with E-state index in [-0.39, 0.29) is 5.88 Å². The largest absolute Gasteiger partial charge is 0.462 e. The fourth-order valence-corrected chi connectivity index (χ4v) is 0.465. The van der Waals surface area contributed by atoms with Gasteiger partial charge in [-0.3, -0.25) is 0 Å². The summed E-state index contributed by atoms with van der Waals surface area (Å²) < 4.78 is 9.54. The van der Waals surface area contributed by atoms with E-state index in [1.807, 2.05) is 0 Å². The molecule has 0 aliphatic carbocycles. The van der Waals surface area contributed by atoms with Gasteiger partial charge in [0.1, 0.15) is 0 Å². The SMILES string of the molecule is C=COC(CCl)OC=C. The Morgan fingerprint density at radius 1 is 1.33 bits per heavy atom. The Morgan fingerprint density at radius 2 is 1.78 bits per heavy atom. The van der Waals surface area contributed by atoms with Gasteiger partial charge in [-0.2, -0.15) is 0 Å². The molecule has 0 saturated carbocycles. The monoisotopic (exact) mass is 148 g/mol. The summed E-state index contributed by atoms with van der Waals surface area (Å²) in [5.74, 6) is 0.262. The van der Waals surface area contributed by atoms with Crippen LogP contribution in [-0.2, 0) is 9.47 Å². The van der Waals surface area contributed by atoms with Crippen LogP contribution in [0.4, 0.5) is 0 Å². The van der Waals surface area contributed by atoms with Gasteiger partial charge in [-0.15, -0.1) is 11.6 Å². The van der Waals surface area contributed by atoms with Gasteiger partial charge in [-0.1, -0.05) is 13.2 Å². The normalized spacial score (nSPS) is 8.67. The van der Waals surface area contributed by atoms with Crippen LogP contribution in [0.15, 0.2) is 25.7 Å². The first-order valence-corrected chi connectivity index (χ1v) is 2.97. The van der Waals surface area contributed by atoms with E-state index >= 15 is 0 Å². The molecule has 52 valence electrons. The third-order valence-corrected chi connectivity index (χ3v) is 0.874. The minimum absolute atomic E-state index is 0.262. The molecule has 0 unspecified atom stereocenters. The summed E-state index contributed by atoms with van der Waals surface area (Å²) >= 11 is 5.38. The third-order valence-electron chi connectivity index (χ3n) is 0.622. The Kier molecular flexibility index (Phi) is 5.12. The maximum atomic E-state index is 5.38. The third kappa shape index (κ3) is 3.91. The molecule has 0 N–H and O–H groups in total. The Bertz CT molecular complexity index is 83.1. The molecule has 0 spiro atoms. The van der Waals surface area contributed by atoms with Gasteiger partial charge in [0.05, 0.1) is 18.4 Å². The summed E-state index contributed by atoms with van der Waals surface area (Å²) in [4.78, 5) is 0. The van der Waals surface area contributed by atoms with Crippen molar-refractivity contribution in [3.63, 3.8) is 0 Å². The van der Waals surface area contributed by atoms with Crippen molar-refractivity contribution in [2.24, 2.45) is 0 Å². The highest BCUT2D eigenvalue weighted by Gasteiger charge is 2.01. The molecular weight excluding hydrogens is 140 g/mol. The van der Waals surface area contributed by atoms with E-state index in [4.69, 9.17) is 21.1 Å². The lowest BCUT2D eigenvalue weighted by Crippen LogP contribution is -2.12. The van der Waals surface area contributed by atoms with E-state index in [0.29, 0.717) is 0 Å². The molecule has 0 aromatic carbocycles. The zero-order valence-electron chi connectivity index (χ0n) is 5.05. The lowest BCUT2D eigenvalue weighted by Gasteiger charge is -2.11. The lowest BCUT2D eigenvalue weighted by atomic mass is 10.7. The molecule has 0 aliphatic rings. The standard InChI is InChI=1S/C6H9ClO2/c1-3-8-6(5-7)9-4-2/h3-4,6H,1-2,5H2. The van der Waals surface area contributed by atoms with E-state index in [9.17, 15) is 0 Å². The molecule has 0 aromatic heterocycles. The first kappa shape index (κ1) is 8.37. The lowest BCUT2D eigenvalue weighted by molar-refractivity contribution is -0.0423. The molecule has 0 aromatic rings. The summed E-state index contributed by atoms with van der Waals surface area (Å²) in [7, 11) is 0. The van der Waals surface area contributed by atoms with Crippen LogP contribution in [0.25, 0.3) is 0 Å². The van der Waals surface area contributed by atoms with E-state index in [1.165, 1.54) is 12.5 Å². The zero-order valence-corrected chi connectivity index (χ0v) is 5.80. The molecule has 0 heterocycles. The summed E-state index contributed by atoms with van der Waals surface area (Å²) in [6.07, 6.45) is 2.09. The van der Waals surface area contributed by atoms with Crippen LogP contribution in [0.2, 0.25) is 0 Å². The van der Waals surface area contributed by atoms with Crippen LogP contribution in [0, 0.1) is 0 Å². The van der Waals surface area contributed by atoms with Crippen molar-refractivity contribution in [2.75, 3.05) is 5.88 Å². The highest BCUT2D eigenvalue weighted by atomic mass is 35.5. The van der Waals surface area contributed by atoms with Gasteiger partial charge < -0.3 is 9.47 Å². The van der Waals surface area contributed by atoms with Gasteiger partial charge in [-0.05, 0) is 0 Å². The first-order chi connectivity index (χ1) is 4.35. The first-order valence-electron chi connectivity index (χ1n) is 2.43. The smallest absolute Gasteiger partial charge is 0.252 e. The van der Waals surface area contributed by atoms with Crippen LogP contribution in [0.5, 0.6) is 0 Å².